The lowest BCUT2D eigenvalue weighted by molar-refractivity contribution is -0.150. The Hall–Kier alpha value is -3.72. The van der Waals surface area contributed by atoms with Crippen LogP contribution in [0.2, 0.25) is 0 Å². The van der Waals surface area contributed by atoms with Crippen LogP contribution in [0.1, 0.15) is 32.9 Å². The van der Waals surface area contributed by atoms with Crippen LogP contribution in [-0.2, 0) is 23.9 Å². The molecule has 0 spiro atoms. The van der Waals surface area contributed by atoms with Crippen LogP contribution in [0.3, 0.4) is 0 Å². The van der Waals surface area contributed by atoms with Crippen molar-refractivity contribution in [3.05, 3.63) is 48.5 Å². The van der Waals surface area contributed by atoms with E-state index >= 15 is 0 Å². The molecule has 33 heavy (non-hydrogen) atoms. The number of primary amides is 1. The van der Waals surface area contributed by atoms with E-state index in [1.54, 1.807) is 6.07 Å². The van der Waals surface area contributed by atoms with Gasteiger partial charge < -0.3 is 20.5 Å². The van der Waals surface area contributed by atoms with E-state index in [0.717, 1.165) is 22.2 Å². The maximum Gasteiger partial charge on any atom is 0.303 e. The average Bonchev–Trinajstić information content (AvgIpc) is 3.18. The topological polar surface area (TPSA) is 126 Å². The molecule has 0 aliphatic carbocycles. The molecule has 3 atom stereocenters. The number of esters is 1. The van der Waals surface area contributed by atoms with Gasteiger partial charge in [-0.1, -0.05) is 30.3 Å². The highest BCUT2D eigenvalue weighted by molar-refractivity contribution is 5.97. The summed E-state index contributed by atoms with van der Waals surface area (Å²) < 4.78 is 12.7. The first-order chi connectivity index (χ1) is 15.8. The molecule has 4 rings (SSSR count). The van der Waals surface area contributed by atoms with Crippen molar-refractivity contribution in [1.82, 2.24) is 9.78 Å². The number of nitrogens with zero attached hydrogens (tertiary/aromatic N) is 2. The fourth-order valence-corrected chi connectivity index (χ4v) is 3.97. The first-order valence-electron chi connectivity index (χ1n) is 10.8. The number of rotatable bonds is 6. The van der Waals surface area contributed by atoms with Gasteiger partial charge in [0.25, 0.3) is 5.91 Å². The molecule has 2 unspecified atom stereocenters. The molecule has 172 valence electrons. The first-order valence-corrected chi connectivity index (χ1v) is 10.8. The summed E-state index contributed by atoms with van der Waals surface area (Å²) in [5.74, 6) is -1.56. The summed E-state index contributed by atoms with van der Waals surface area (Å²) in [7, 11) is 0. The SMILES string of the molecule is CC(=O)O[C@@H](C)C(=O)Nc1cccc(-c2nn(C3CCC(C(N)=O)CO3)c3ccccc23)c1. The maximum absolute atomic E-state index is 12.3. The molecule has 1 aliphatic heterocycles. The van der Waals surface area contributed by atoms with Gasteiger partial charge in [0.2, 0.25) is 5.91 Å². The molecule has 3 N–H and O–H groups in total. The average molecular weight is 450 g/mol. The Balaban J connectivity index is 1.62. The second-order valence-corrected chi connectivity index (χ2v) is 8.10. The highest BCUT2D eigenvalue weighted by Gasteiger charge is 2.28. The number of hydrogen-bond acceptors (Lipinski definition) is 6. The summed E-state index contributed by atoms with van der Waals surface area (Å²) in [6.45, 7) is 3.05. The third-order valence-electron chi connectivity index (χ3n) is 5.66. The number of nitrogens with one attached hydrogen (secondary N) is 1. The number of hydrogen-bond donors (Lipinski definition) is 2. The van der Waals surface area contributed by atoms with E-state index in [-0.39, 0.29) is 24.7 Å². The second kappa shape index (κ2) is 9.41. The summed E-state index contributed by atoms with van der Waals surface area (Å²) in [4.78, 5) is 34.9. The molecule has 9 heteroatoms. The van der Waals surface area contributed by atoms with Crippen LogP contribution in [-0.4, -0.2) is 40.3 Å². The molecule has 2 heterocycles. The van der Waals surface area contributed by atoms with Gasteiger partial charge in [0.15, 0.2) is 12.3 Å². The standard InChI is InChI=1S/C24H26N4O5/c1-14(33-15(2)29)24(31)26-18-7-5-6-16(12-18)22-19-8-3-4-9-20(19)28(27-22)21-11-10-17(13-32-21)23(25)30/h3-9,12,14,17,21H,10-11,13H2,1-2H3,(H2,25,30)(H,26,31)/t14-,17?,21?/m0/s1. The highest BCUT2D eigenvalue weighted by Crippen LogP contribution is 2.34. The van der Waals surface area contributed by atoms with Crippen LogP contribution in [0.15, 0.2) is 48.5 Å². The van der Waals surface area contributed by atoms with Gasteiger partial charge in [0, 0.05) is 23.6 Å². The van der Waals surface area contributed by atoms with Crippen LogP contribution in [0, 0.1) is 5.92 Å². The van der Waals surface area contributed by atoms with E-state index in [4.69, 9.17) is 20.3 Å². The summed E-state index contributed by atoms with van der Waals surface area (Å²) >= 11 is 0. The van der Waals surface area contributed by atoms with Crippen molar-refractivity contribution in [3.63, 3.8) is 0 Å². The Morgan fingerprint density at radius 2 is 1.97 bits per heavy atom. The summed E-state index contributed by atoms with van der Waals surface area (Å²) in [6.07, 6.45) is 0.0691. The van der Waals surface area contributed by atoms with E-state index in [9.17, 15) is 14.4 Å². The maximum atomic E-state index is 12.3. The van der Waals surface area contributed by atoms with Crippen LogP contribution in [0.5, 0.6) is 0 Å². The van der Waals surface area contributed by atoms with E-state index in [1.807, 2.05) is 47.1 Å². The van der Waals surface area contributed by atoms with Crippen molar-refractivity contribution in [1.29, 1.82) is 0 Å². The molecule has 0 bridgehead atoms. The van der Waals surface area contributed by atoms with Crippen molar-refractivity contribution < 1.29 is 23.9 Å². The minimum absolute atomic E-state index is 0.269. The van der Waals surface area contributed by atoms with Gasteiger partial charge in [0.1, 0.15) is 5.69 Å². The van der Waals surface area contributed by atoms with E-state index in [2.05, 4.69) is 5.32 Å². The van der Waals surface area contributed by atoms with Crippen molar-refractivity contribution in [2.24, 2.45) is 11.7 Å². The molecule has 0 saturated carbocycles. The van der Waals surface area contributed by atoms with Crippen molar-refractivity contribution in [2.75, 3.05) is 11.9 Å². The molecular formula is C24H26N4O5. The summed E-state index contributed by atoms with van der Waals surface area (Å²) in [5, 5.41) is 8.55. The van der Waals surface area contributed by atoms with Gasteiger partial charge in [0.05, 0.1) is 18.0 Å². The lowest BCUT2D eigenvalue weighted by Gasteiger charge is -2.27. The molecule has 1 aromatic heterocycles. The molecular weight excluding hydrogens is 424 g/mol. The van der Waals surface area contributed by atoms with Crippen LogP contribution in [0.25, 0.3) is 22.2 Å². The monoisotopic (exact) mass is 450 g/mol. The van der Waals surface area contributed by atoms with E-state index in [0.29, 0.717) is 18.5 Å². The quantitative estimate of drug-likeness (QED) is 0.556. The number of amides is 2. The largest absolute Gasteiger partial charge is 0.453 e. The Labute approximate surface area is 190 Å². The lowest BCUT2D eigenvalue weighted by atomic mass is 10.0. The highest BCUT2D eigenvalue weighted by atomic mass is 16.5. The molecule has 9 nitrogen and oxygen atoms in total. The Morgan fingerprint density at radius 1 is 1.18 bits per heavy atom. The van der Waals surface area contributed by atoms with Gasteiger partial charge >= 0.3 is 5.97 Å². The fourth-order valence-electron chi connectivity index (χ4n) is 3.97. The third-order valence-corrected chi connectivity index (χ3v) is 5.66. The molecule has 0 radical (unpaired) electrons. The molecule has 1 fully saturated rings. The first kappa shape index (κ1) is 22.5. The summed E-state index contributed by atoms with van der Waals surface area (Å²) in [6, 6.07) is 15.1. The van der Waals surface area contributed by atoms with Gasteiger partial charge in [-0.05, 0) is 38.0 Å². The zero-order valence-electron chi connectivity index (χ0n) is 18.5. The number of fused-ring (bicyclic) bond motifs is 1. The molecule has 2 aromatic carbocycles. The lowest BCUT2D eigenvalue weighted by Crippen LogP contribution is -2.33. The van der Waals surface area contributed by atoms with Crippen LogP contribution < -0.4 is 11.1 Å². The van der Waals surface area contributed by atoms with Crippen molar-refractivity contribution in [3.8, 4) is 11.3 Å². The fraction of sp³-hybridized carbons (Fsp3) is 0.333. The van der Waals surface area contributed by atoms with Crippen LogP contribution >= 0.6 is 0 Å². The van der Waals surface area contributed by atoms with E-state index in [1.165, 1.54) is 13.8 Å². The normalized spacial score (nSPS) is 19.1. The number of ether oxygens (including phenoxy) is 2. The van der Waals surface area contributed by atoms with Crippen LogP contribution in [0.4, 0.5) is 5.69 Å². The number of anilines is 1. The van der Waals surface area contributed by atoms with Gasteiger partial charge in [-0.2, -0.15) is 5.10 Å². The van der Waals surface area contributed by atoms with Gasteiger partial charge in [-0.15, -0.1) is 0 Å². The molecule has 1 aliphatic rings. The predicted molar refractivity (Wildman–Crippen MR) is 122 cm³/mol. The van der Waals surface area contributed by atoms with Crippen molar-refractivity contribution in [2.45, 2.75) is 39.0 Å². The van der Waals surface area contributed by atoms with Gasteiger partial charge in [-0.3, -0.25) is 14.4 Å². The minimum atomic E-state index is -0.904. The number of carbonyl (C=O) groups excluding carboxylic acids is 3. The predicted octanol–water partition coefficient (Wildman–Crippen LogP) is 3.00. The Bertz CT molecular complexity index is 1200. The zero-order chi connectivity index (χ0) is 23.5. The van der Waals surface area contributed by atoms with Gasteiger partial charge in [-0.25, -0.2) is 4.68 Å². The molecule has 3 aromatic rings. The Morgan fingerprint density at radius 3 is 2.67 bits per heavy atom. The number of carbonyl (C=O) groups is 3. The Kier molecular flexibility index (Phi) is 6.41. The number of nitrogens with two attached hydrogens (primary N) is 1. The smallest absolute Gasteiger partial charge is 0.303 e. The second-order valence-electron chi connectivity index (χ2n) is 8.10. The minimum Gasteiger partial charge on any atom is -0.453 e. The zero-order valence-corrected chi connectivity index (χ0v) is 18.5. The molecule has 1 saturated heterocycles. The summed E-state index contributed by atoms with van der Waals surface area (Å²) in [5.41, 5.74) is 8.45. The third kappa shape index (κ3) is 4.88. The number of para-hydroxylation sites is 1. The van der Waals surface area contributed by atoms with Crippen molar-refractivity contribution >= 4 is 34.4 Å². The van der Waals surface area contributed by atoms with E-state index < -0.39 is 18.0 Å². The number of aromatic nitrogens is 2. The molecule has 2 amide bonds. The number of benzene rings is 2.